The van der Waals surface area contributed by atoms with Gasteiger partial charge in [-0.3, -0.25) is 19.0 Å². The molecule has 2 heterocycles. The minimum atomic E-state index is -0.992. The van der Waals surface area contributed by atoms with Crippen LogP contribution in [0.4, 0.5) is 17.3 Å². The number of nitrogens with one attached hydrogen (secondary N) is 1. The van der Waals surface area contributed by atoms with Crippen molar-refractivity contribution in [2.75, 3.05) is 16.8 Å². The molecule has 3 aromatic carbocycles. The molecule has 224 valence electrons. The first kappa shape index (κ1) is 30.0. The summed E-state index contributed by atoms with van der Waals surface area (Å²) in [6.07, 6.45) is -0.244. The number of hydrogen-bond donors (Lipinski definition) is 1. The zero-order valence-corrected chi connectivity index (χ0v) is 24.7. The standard InChI is InChI=1S/C31H28N6O6S/c1-3-42-30(41)21-14-16-22(17-15-21)32-26(38)18-24-29(40)37(23-12-8-5-9-13-23)31(44)36(24)19-25-28(43-34-35(25)2)33-27(39)20-10-6-4-7-11-20/h4-17,24H,3,18-19H2,1-2H3,(H-,32,33,34,38,39,41). The average molecular weight is 613 g/mol. The van der Waals surface area contributed by atoms with Crippen molar-refractivity contribution in [1.29, 1.82) is 0 Å². The van der Waals surface area contributed by atoms with Gasteiger partial charge in [0.2, 0.25) is 11.2 Å². The highest BCUT2D eigenvalue weighted by molar-refractivity contribution is 7.80. The first-order valence-corrected chi connectivity index (χ1v) is 14.1. The highest BCUT2D eigenvalue weighted by Gasteiger charge is 2.46. The van der Waals surface area contributed by atoms with Crippen molar-refractivity contribution in [2.24, 2.45) is 12.0 Å². The van der Waals surface area contributed by atoms with Crippen molar-refractivity contribution in [3.63, 3.8) is 0 Å². The fourth-order valence-electron chi connectivity index (χ4n) is 4.61. The SMILES string of the molecule is CCOC(=O)c1ccc(NC(=O)CC2C(=O)N(c3ccccc3)C(=S)N2Cc2c(/N=C(\[O-])c3ccccc3)on[n+]2C)cc1. The van der Waals surface area contributed by atoms with E-state index in [2.05, 4.69) is 15.6 Å². The molecule has 13 heteroatoms. The molecule has 5 rings (SSSR count). The first-order valence-electron chi connectivity index (χ1n) is 13.7. The number of carbonyl (C=O) groups excluding carboxylic acids is 3. The largest absolute Gasteiger partial charge is 0.858 e. The van der Waals surface area contributed by atoms with Crippen molar-refractivity contribution in [2.45, 2.75) is 25.9 Å². The Hall–Kier alpha value is -5.43. The van der Waals surface area contributed by atoms with Crippen LogP contribution >= 0.6 is 12.2 Å². The third-order valence-corrected chi connectivity index (χ3v) is 7.24. The van der Waals surface area contributed by atoms with Crippen LogP contribution in [0.2, 0.25) is 0 Å². The molecule has 0 aliphatic carbocycles. The number of amides is 2. The Kier molecular flexibility index (Phi) is 9.05. The van der Waals surface area contributed by atoms with Crippen molar-refractivity contribution in [3.05, 3.63) is 102 Å². The van der Waals surface area contributed by atoms with E-state index in [1.807, 2.05) is 6.07 Å². The van der Waals surface area contributed by atoms with E-state index in [1.54, 1.807) is 97.7 Å². The number of aliphatic imine (C=N–C) groups is 1. The third-order valence-electron chi connectivity index (χ3n) is 6.82. The summed E-state index contributed by atoms with van der Waals surface area (Å²) < 4.78 is 11.8. The van der Waals surface area contributed by atoms with Gasteiger partial charge >= 0.3 is 11.9 Å². The lowest BCUT2D eigenvalue weighted by Gasteiger charge is -2.22. The maximum Gasteiger partial charge on any atom is 0.338 e. The van der Waals surface area contributed by atoms with Gasteiger partial charge in [-0.15, -0.1) is 0 Å². The van der Waals surface area contributed by atoms with Gasteiger partial charge in [-0.05, 0) is 71.7 Å². The van der Waals surface area contributed by atoms with E-state index in [0.717, 1.165) is 0 Å². The number of benzene rings is 3. The highest BCUT2D eigenvalue weighted by atomic mass is 32.1. The normalized spacial score (nSPS) is 15.0. The summed E-state index contributed by atoms with van der Waals surface area (Å²) in [5, 5.41) is 19.6. The summed E-state index contributed by atoms with van der Waals surface area (Å²) in [5.41, 5.74) is 2.07. The molecule has 1 fully saturated rings. The van der Waals surface area contributed by atoms with E-state index in [1.165, 1.54) is 9.58 Å². The Morgan fingerprint density at radius 3 is 2.36 bits per heavy atom. The number of aromatic nitrogens is 2. The predicted molar refractivity (Wildman–Crippen MR) is 162 cm³/mol. The minimum Gasteiger partial charge on any atom is -0.858 e. The third kappa shape index (κ3) is 6.47. The summed E-state index contributed by atoms with van der Waals surface area (Å²) in [5.74, 6) is -1.88. The molecular weight excluding hydrogens is 584 g/mol. The number of para-hydroxylation sites is 1. The van der Waals surface area contributed by atoms with Crippen LogP contribution in [0.25, 0.3) is 0 Å². The molecule has 1 saturated heterocycles. The van der Waals surface area contributed by atoms with Gasteiger partial charge in [-0.1, -0.05) is 48.5 Å². The maximum absolute atomic E-state index is 13.8. The number of nitrogens with zero attached hydrogens (tertiary/aromatic N) is 5. The predicted octanol–water partition coefficient (Wildman–Crippen LogP) is 2.65. The molecule has 0 saturated carbocycles. The molecule has 12 nitrogen and oxygen atoms in total. The van der Waals surface area contributed by atoms with Crippen molar-refractivity contribution in [1.82, 2.24) is 10.2 Å². The Labute approximate surface area is 258 Å². The van der Waals surface area contributed by atoms with Crippen LogP contribution < -0.4 is 20.0 Å². The van der Waals surface area contributed by atoms with Gasteiger partial charge in [0.05, 0.1) is 24.3 Å². The molecule has 0 radical (unpaired) electrons. The van der Waals surface area contributed by atoms with Crippen molar-refractivity contribution < 1.29 is 33.4 Å². The summed E-state index contributed by atoms with van der Waals surface area (Å²) in [6, 6.07) is 22.6. The number of aryl methyl sites for hydroxylation is 1. The van der Waals surface area contributed by atoms with E-state index in [-0.39, 0.29) is 30.6 Å². The van der Waals surface area contributed by atoms with Gasteiger partial charge in [-0.25, -0.2) is 9.79 Å². The monoisotopic (exact) mass is 612 g/mol. The number of carbonyl (C=O) groups is 3. The average Bonchev–Trinajstić information content (AvgIpc) is 3.48. The number of esters is 1. The maximum atomic E-state index is 13.8. The number of rotatable bonds is 10. The lowest BCUT2D eigenvalue weighted by atomic mass is 10.1. The van der Waals surface area contributed by atoms with E-state index in [0.29, 0.717) is 28.2 Å². The zero-order valence-electron chi connectivity index (χ0n) is 23.9. The van der Waals surface area contributed by atoms with Crippen molar-refractivity contribution >= 4 is 58.3 Å². The number of hydrogen-bond acceptors (Lipinski definition) is 9. The Morgan fingerprint density at radius 1 is 1.05 bits per heavy atom. The van der Waals surface area contributed by atoms with E-state index in [9.17, 15) is 19.5 Å². The Balaban J connectivity index is 1.41. The van der Waals surface area contributed by atoms with Gasteiger partial charge in [0.15, 0.2) is 12.2 Å². The smallest absolute Gasteiger partial charge is 0.338 e. The first-order chi connectivity index (χ1) is 21.3. The molecule has 4 aromatic rings. The van der Waals surface area contributed by atoms with Crippen LogP contribution in [0.5, 0.6) is 0 Å². The number of thiocarbonyl (C=S) groups is 1. The number of anilines is 2. The molecule has 1 aromatic heterocycles. The second-order valence-electron chi connectivity index (χ2n) is 9.72. The molecule has 0 bridgehead atoms. The van der Waals surface area contributed by atoms with Gasteiger partial charge < -0.3 is 20.1 Å². The molecule has 1 unspecified atom stereocenters. The quantitative estimate of drug-likeness (QED) is 0.0940. The van der Waals surface area contributed by atoms with Gasteiger partial charge in [0.1, 0.15) is 12.6 Å². The summed E-state index contributed by atoms with van der Waals surface area (Å²) >= 11 is 5.76. The fraction of sp³-hybridized carbons (Fsp3) is 0.194. The van der Waals surface area contributed by atoms with Crippen LogP contribution in [0, 0.1) is 0 Å². The molecule has 2 amide bonds. The lowest BCUT2D eigenvalue weighted by molar-refractivity contribution is -0.746. The molecule has 0 spiro atoms. The fourth-order valence-corrected chi connectivity index (χ4v) is 5.00. The topological polar surface area (TPSA) is 144 Å². The van der Waals surface area contributed by atoms with Gasteiger partial charge in [0.25, 0.3) is 11.6 Å². The number of ether oxygens (including phenoxy) is 1. The minimum absolute atomic E-state index is 0.0268. The zero-order chi connectivity index (χ0) is 31.2. The van der Waals surface area contributed by atoms with Gasteiger partial charge in [-0.2, -0.15) is 0 Å². The molecule has 44 heavy (non-hydrogen) atoms. The highest BCUT2D eigenvalue weighted by Crippen LogP contribution is 2.30. The van der Waals surface area contributed by atoms with Crippen LogP contribution in [0.3, 0.4) is 0 Å². The Bertz CT molecular complexity index is 1710. The van der Waals surface area contributed by atoms with Crippen LogP contribution in [0.1, 0.15) is 35.0 Å². The lowest BCUT2D eigenvalue weighted by Crippen LogP contribution is -2.42. The molecule has 1 aliphatic heterocycles. The summed E-state index contributed by atoms with van der Waals surface area (Å²) in [6.45, 7) is 1.94. The van der Waals surface area contributed by atoms with Crippen molar-refractivity contribution in [3.8, 4) is 0 Å². The van der Waals surface area contributed by atoms with E-state index < -0.39 is 29.7 Å². The second kappa shape index (κ2) is 13.3. The van der Waals surface area contributed by atoms with E-state index in [4.69, 9.17) is 21.5 Å². The second-order valence-corrected chi connectivity index (χ2v) is 10.1. The Morgan fingerprint density at radius 2 is 1.70 bits per heavy atom. The molecular formula is C31H28N6O6S. The molecule has 1 atom stereocenters. The molecule has 1 N–H and O–H groups in total. The van der Waals surface area contributed by atoms with Crippen LogP contribution in [0.15, 0.2) is 94.4 Å². The van der Waals surface area contributed by atoms with E-state index >= 15 is 0 Å². The molecule has 1 aliphatic rings. The van der Waals surface area contributed by atoms with Crippen LogP contribution in [-0.4, -0.2) is 51.6 Å². The van der Waals surface area contributed by atoms with Crippen LogP contribution in [-0.2, 0) is 27.9 Å². The van der Waals surface area contributed by atoms with Gasteiger partial charge in [0, 0.05) is 5.69 Å². The summed E-state index contributed by atoms with van der Waals surface area (Å²) in [7, 11) is 1.61. The summed E-state index contributed by atoms with van der Waals surface area (Å²) in [4.78, 5) is 46.1.